The van der Waals surface area contributed by atoms with Crippen molar-refractivity contribution in [3.05, 3.63) is 35.9 Å². The fraction of sp³-hybridized carbons (Fsp3) is 0.644. The largest absolute Gasteiger partial charge is 0.481 e. The Morgan fingerprint density at radius 3 is 1.52 bits per heavy atom. The molecule has 0 fully saturated rings. The molecule has 0 bridgehead atoms. The Morgan fingerprint density at radius 2 is 0.935 bits per heavy atom. The van der Waals surface area contributed by atoms with Gasteiger partial charge >= 0.3 is 35.9 Å². The number of unbranched alkanes of at least 4 members (excludes halogenated alkanes) is 1. The zero-order chi connectivity index (χ0) is 69.6. The molecule has 0 aromatic heterocycles. The summed E-state index contributed by atoms with van der Waals surface area (Å²) in [6.45, 7) is 11.4. The maximum Gasteiger partial charge on any atom is 0.408 e. The molecule has 92 heavy (non-hydrogen) atoms. The van der Waals surface area contributed by atoms with Crippen LogP contribution in [0, 0.1) is 5.92 Å². The molecule has 6 unspecified atom stereocenters. The first-order valence-corrected chi connectivity index (χ1v) is 29.9. The Hall–Kier alpha value is -9.01. The van der Waals surface area contributed by atoms with Crippen molar-refractivity contribution in [2.24, 2.45) is 5.92 Å². The number of carboxylic acid groups (broad SMARTS) is 4. The molecule has 6 atom stereocenters. The van der Waals surface area contributed by atoms with Gasteiger partial charge < -0.3 is 92.5 Å². The van der Waals surface area contributed by atoms with Crippen molar-refractivity contribution in [3.8, 4) is 0 Å². The number of amides is 10. The smallest absolute Gasteiger partial charge is 0.408 e. The predicted molar refractivity (Wildman–Crippen MR) is 323 cm³/mol. The van der Waals surface area contributed by atoms with Gasteiger partial charge in [0.2, 0.25) is 53.2 Å². The number of carbonyl (C=O) groups excluding carboxylic acids is 11. The molecule has 1 aromatic rings. The third-order valence-corrected chi connectivity index (χ3v) is 12.4. The number of ether oxygens (including phenoxy) is 4. The van der Waals surface area contributed by atoms with Crippen LogP contribution in [0.4, 0.5) is 4.79 Å². The summed E-state index contributed by atoms with van der Waals surface area (Å²) in [7, 11) is 0. The van der Waals surface area contributed by atoms with E-state index < -0.39 is 195 Å². The van der Waals surface area contributed by atoms with Gasteiger partial charge in [-0.25, -0.2) is 14.4 Å². The van der Waals surface area contributed by atoms with E-state index in [9.17, 15) is 82.1 Å². The molecule has 0 saturated heterocycles. The van der Waals surface area contributed by atoms with Crippen molar-refractivity contribution in [2.45, 2.75) is 186 Å². The van der Waals surface area contributed by atoms with Gasteiger partial charge in [-0.05, 0) is 98.0 Å². The van der Waals surface area contributed by atoms with Crippen molar-refractivity contribution in [3.63, 3.8) is 0 Å². The zero-order valence-corrected chi connectivity index (χ0v) is 53.3. The van der Waals surface area contributed by atoms with E-state index in [4.69, 9.17) is 29.2 Å². The summed E-state index contributed by atoms with van der Waals surface area (Å²) in [5.41, 5.74) is -0.936. The summed E-state index contributed by atoms with van der Waals surface area (Å²) in [6, 6.07) is 0.410. The average Bonchev–Trinajstić information content (AvgIpc) is 1.20. The van der Waals surface area contributed by atoms with Crippen molar-refractivity contribution in [1.29, 1.82) is 0 Å². The highest BCUT2D eigenvalue weighted by molar-refractivity contribution is 5.95. The lowest BCUT2D eigenvalue weighted by Gasteiger charge is -2.24. The first-order chi connectivity index (χ1) is 43.0. The first-order valence-electron chi connectivity index (χ1n) is 29.9. The SMILES string of the molecule is CC(C)CC(NC(=O)C(Cc1ccccc1)NC(=O)CNC(=O)OC(C)(C)C)C(=O)NCC(=O)NCCCCC(NC(=O)CCC(=O)OC(C)(C)C)C(=O)NCCOCCOCC(=O)NC(CCC(=O)NC(CCC(=O)O)C(=O)O)C(=O)NC(CCC(=O)O)C(=O)O. The second-order valence-electron chi connectivity index (χ2n) is 23.5. The molecule has 0 spiro atoms. The van der Waals surface area contributed by atoms with Crippen LogP contribution in [0.15, 0.2) is 30.3 Å². The van der Waals surface area contributed by atoms with Crippen molar-refractivity contribution in [2.75, 3.05) is 52.6 Å². The first kappa shape index (κ1) is 81.0. The third-order valence-electron chi connectivity index (χ3n) is 12.4. The molecule has 516 valence electrons. The fourth-order valence-corrected chi connectivity index (χ4v) is 8.07. The van der Waals surface area contributed by atoms with E-state index in [0.717, 1.165) is 0 Å². The fourth-order valence-electron chi connectivity index (χ4n) is 8.07. The van der Waals surface area contributed by atoms with Gasteiger partial charge in [-0.1, -0.05) is 44.2 Å². The van der Waals surface area contributed by atoms with Crippen LogP contribution in [-0.4, -0.2) is 210 Å². The van der Waals surface area contributed by atoms with Gasteiger partial charge in [-0.3, -0.25) is 57.5 Å². The number of rotatable bonds is 45. The number of benzene rings is 1. The molecular weight excluding hydrogens is 1220 g/mol. The summed E-state index contributed by atoms with van der Waals surface area (Å²) >= 11 is 0. The summed E-state index contributed by atoms with van der Waals surface area (Å²) in [5.74, 6) is -13.5. The number of alkyl carbamates (subject to hydrolysis) is 1. The van der Waals surface area contributed by atoms with Gasteiger partial charge in [0, 0.05) is 45.2 Å². The Kier molecular flexibility index (Phi) is 37.8. The molecule has 1 aromatic carbocycles. The van der Waals surface area contributed by atoms with Crippen LogP contribution < -0.4 is 53.2 Å². The minimum atomic E-state index is -1.72. The van der Waals surface area contributed by atoms with Crippen LogP contribution in [-0.2, 0) is 92.5 Å². The van der Waals surface area contributed by atoms with Crippen molar-refractivity contribution >= 4 is 89.1 Å². The minimum absolute atomic E-state index is 0.0379. The average molecular weight is 1310 g/mol. The van der Waals surface area contributed by atoms with Crippen LogP contribution >= 0.6 is 0 Å². The molecule has 0 saturated carbocycles. The molecule has 0 aliphatic rings. The monoisotopic (exact) mass is 1310 g/mol. The molecule has 10 amide bonds. The quantitative estimate of drug-likeness (QED) is 0.0277. The normalized spacial score (nSPS) is 13.1. The maximum absolute atomic E-state index is 13.8. The number of hydrogen-bond acceptors (Lipinski definition) is 19. The molecule has 0 aliphatic heterocycles. The molecule has 0 heterocycles. The number of carbonyl (C=O) groups is 15. The van der Waals surface area contributed by atoms with E-state index >= 15 is 0 Å². The Morgan fingerprint density at radius 1 is 0.435 bits per heavy atom. The number of aliphatic carboxylic acids is 4. The molecular formula is C59H92N10O23. The number of carboxylic acids is 4. The van der Waals surface area contributed by atoms with Gasteiger partial charge in [0.25, 0.3) is 0 Å². The number of hydrogen-bond donors (Lipinski definition) is 14. The molecule has 33 nitrogen and oxygen atoms in total. The summed E-state index contributed by atoms with van der Waals surface area (Å²) in [4.78, 5) is 188. The van der Waals surface area contributed by atoms with Crippen molar-refractivity contribution < 1.29 is 111 Å². The number of esters is 1. The Balaban J connectivity index is 2.89. The maximum atomic E-state index is 13.8. The zero-order valence-electron chi connectivity index (χ0n) is 53.3. The second kappa shape index (κ2) is 42.9. The lowest BCUT2D eigenvalue weighted by Crippen LogP contribution is -2.56. The van der Waals surface area contributed by atoms with Crippen LogP contribution in [0.2, 0.25) is 0 Å². The van der Waals surface area contributed by atoms with Gasteiger partial charge in [0.1, 0.15) is 60.6 Å². The van der Waals surface area contributed by atoms with E-state index in [2.05, 4.69) is 53.2 Å². The predicted octanol–water partition coefficient (Wildman–Crippen LogP) is -0.938. The summed E-state index contributed by atoms with van der Waals surface area (Å²) < 4.78 is 21.2. The molecule has 14 N–H and O–H groups in total. The van der Waals surface area contributed by atoms with E-state index in [1.165, 1.54) is 0 Å². The second-order valence-corrected chi connectivity index (χ2v) is 23.5. The van der Waals surface area contributed by atoms with Crippen LogP contribution in [0.5, 0.6) is 0 Å². The van der Waals surface area contributed by atoms with E-state index in [1.54, 1.807) is 71.9 Å². The highest BCUT2D eigenvalue weighted by Gasteiger charge is 2.31. The van der Waals surface area contributed by atoms with E-state index in [0.29, 0.717) is 12.0 Å². The van der Waals surface area contributed by atoms with E-state index in [1.807, 2.05) is 13.8 Å². The van der Waals surface area contributed by atoms with Gasteiger partial charge in [0.05, 0.1) is 32.8 Å². The molecule has 0 aliphatic carbocycles. The van der Waals surface area contributed by atoms with Gasteiger partial charge in [-0.15, -0.1) is 0 Å². The standard InChI is InChI=1S/C59H92N10O23/c1-35(2)30-41(69-54(83)42(31-36-14-10-9-11-15-36)67-46(73)33-63-57(88)92-59(6,7)8)52(81)62-32-45(72)60-25-13-12-16-37(64-44(71)21-24-50(79)91-58(3,4)5)51(80)61-26-27-89-28-29-90-34-47(74)65-38(53(82)68-40(56(86)87)19-23-49(77)78)17-20-43(70)66-39(55(84)85)18-22-48(75)76/h9-11,14-15,35,37-42H,12-13,16-34H2,1-8H3,(H,60,72)(H,61,80)(H,62,81)(H,63,88)(H,64,71)(H,65,74)(H,66,70)(H,67,73)(H,68,82)(H,69,83)(H,75,76)(H,77,78)(H,84,85)(H,86,87). The molecule has 33 heteroatoms. The van der Waals surface area contributed by atoms with Crippen LogP contribution in [0.1, 0.15) is 138 Å². The van der Waals surface area contributed by atoms with Crippen LogP contribution in [0.25, 0.3) is 0 Å². The Bertz CT molecular complexity index is 2650. The lowest BCUT2D eigenvalue weighted by molar-refractivity contribution is -0.156. The summed E-state index contributed by atoms with van der Waals surface area (Å²) in [5, 5.41) is 61.4. The molecule has 1 rings (SSSR count). The van der Waals surface area contributed by atoms with Crippen LogP contribution in [0.3, 0.4) is 0 Å². The third kappa shape index (κ3) is 39.9. The topological polar surface area (TPSA) is 494 Å². The van der Waals surface area contributed by atoms with Gasteiger partial charge in [0.15, 0.2) is 0 Å². The van der Waals surface area contributed by atoms with Crippen molar-refractivity contribution in [1.82, 2.24) is 53.2 Å². The highest BCUT2D eigenvalue weighted by atomic mass is 16.6. The summed E-state index contributed by atoms with van der Waals surface area (Å²) in [6.07, 6.45) is -3.99. The highest BCUT2D eigenvalue weighted by Crippen LogP contribution is 2.12. The van der Waals surface area contributed by atoms with E-state index in [-0.39, 0.29) is 77.4 Å². The lowest BCUT2D eigenvalue weighted by atomic mass is 10.0. The van der Waals surface area contributed by atoms with Gasteiger partial charge in [-0.2, -0.15) is 0 Å². The molecule has 0 radical (unpaired) electrons. The number of nitrogens with one attached hydrogen (secondary N) is 10. The minimum Gasteiger partial charge on any atom is -0.481 e. The Labute approximate surface area is 532 Å².